The number of H-pyrrole nitrogens is 1. The molecular weight excluding hydrogens is 455 g/mol. The van der Waals surface area contributed by atoms with Gasteiger partial charge in [-0.3, -0.25) is 4.79 Å². The number of fused-ring (bicyclic) bond motifs is 1. The minimum absolute atomic E-state index is 0.0864. The Hall–Kier alpha value is -3.00. The third-order valence-corrected chi connectivity index (χ3v) is 5.17. The minimum Gasteiger partial charge on any atom is -0.496 e. The molecule has 1 N–H and O–H groups in total. The van der Waals surface area contributed by atoms with Crippen LogP contribution < -0.4 is 14.2 Å². The number of benzene rings is 2. The van der Waals surface area contributed by atoms with Gasteiger partial charge in [0.1, 0.15) is 17.3 Å². The molecule has 1 heterocycles. The van der Waals surface area contributed by atoms with Crippen molar-refractivity contribution in [3.8, 4) is 17.2 Å². The van der Waals surface area contributed by atoms with Crippen LogP contribution in [0.2, 0.25) is 0 Å². The molecule has 3 aromatic rings. The Labute approximate surface area is 182 Å². The number of ether oxygens (including phenoxy) is 3. The first-order valence-corrected chi connectivity index (χ1v) is 9.88. The molecule has 0 bridgehead atoms. The van der Waals surface area contributed by atoms with E-state index in [0.29, 0.717) is 39.4 Å². The van der Waals surface area contributed by atoms with Crippen molar-refractivity contribution in [2.24, 2.45) is 0 Å². The zero-order valence-corrected chi connectivity index (χ0v) is 18.5. The predicted octanol–water partition coefficient (Wildman–Crippen LogP) is 4.92. The quantitative estimate of drug-likeness (QED) is 0.468. The molecule has 0 saturated heterocycles. The van der Waals surface area contributed by atoms with Gasteiger partial charge >= 0.3 is 0 Å². The number of nitrogens with zero attached hydrogens (tertiary/aromatic N) is 1. The number of rotatable bonds is 8. The highest BCUT2D eigenvalue weighted by Gasteiger charge is 2.23. The molecule has 0 unspecified atom stereocenters. The SMILES string of the molecule is C=CCN(Cc1cc(Br)ccc1F)C(=O)c1cc2c(OC)cc(OC)c(OC)c2[nH]1. The van der Waals surface area contributed by atoms with E-state index >= 15 is 0 Å². The lowest BCUT2D eigenvalue weighted by molar-refractivity contribution is 0.0756. The minimum atomic E-state index is -0.384. The van der Waals surface area contributed by atoms with Gasteiger partial charge in [0, 0.05) is 34.6 Å². The van der Waals surface area contributed by atoms with Crippen LogP contribution in [0.4, 0.5) is 4.39 Å². The molecule has 0 aliphatic heterocycles. The van der Waals surface area contributed by atoms with Crippen LogP contribution in [0.15, 0.2) is 47.5 Å². The van der Waals surface area contributed by atoms with Crippen LogP contribution in [0.1, 0.15) is 16.1 Å². The maximum absolute atomic E-state index is 14.2. The summed E-state index contributed by atoms with van der Waals surface area (Å²) in [4.78, 5) is 17.9. The maximum Gasteiger partial charge on any atom is 0.270 e. The van der Waals surface area contributed by atoms with E-state index < -0.39 is 0 Å². The highest BCUT2D eigenvalue weighted by molar-refractivity contribution is 9.10. The van der Waals surface area contributed by atoms with Gasteiger partial charge in [0.15, 0.2) is 11.5 Å². The number of carbonyl (C=O) groups is 1. The highest BCUT2D eigenvalue weighted by Crippen LogP contribution is 2.41. The van der Waals surface area contributed by atoms with Crippen molar-refractivity contribution in [1.82, 2.24) is 9.88 Å². The Morgan fingerprint density at radius 2 is 1.90 bits per heavy atom. The number of amides is 1. The monoisotopic (exact) mass is 476 g/mol. The lowest BCUT2D eigenvalue weighted by Crippen LogP contribution is -2.31. The molecule has 0 radical (unpaired) electrons. The number of nitrogens with one attached hydrogen (secondary N) is 1. The molecular formula is C22H22BrFN2O4. The van der Waals surface area contributed by atoms with Crippen LogP contribution in [0.25, 0.3) is 10.9 Å². The Morgan fingerprint density at radius 3 is 2.53 bits per heavy atom. The zero-order valence-electron chi connectivity index (χ0n) is 16.9. The van der Waals surface area contributed by atoms with Crippen molar-refractivity contribution in [1.29, 1.82) is 0 Å². The Morgan fingerprint density at radius 1 is 1.17 bits per heavy atom. The van der Waals surface area contributed by atoms with Gasteiger partial charge in [-0.1, -0.05) is 22.0 Å². The summed E-state index contributed by atoms with van der Waals surface area (Å²) >= 11 is 3.34. The van der Waals surface area contributed by atoms with E-state index in [2.05, 4.69) is 27.5 Å². The Balaban J connectivity index is 2.04. The molecule has 30 heavy (non-hydrogen) atoms. The van der Waals surface area contributed by atoms with Gasteiger partial charge in [-0.2, -0.15) is 0 Å². The van der Waals surface area contributed by atoms with Crippen molar-refractivity contribution in [3.63, 3.8) is 0 Å². The van der Waals surface area contributed by atoms with E-state index in [1.54, 1.807) is 30.3 Å². The molecule has 0 atom stereocenters. The van der Waals surface area contributed by atoms with E-state index in [9.17, 15) is 9.18 Å². The molecule has 0 spiro atoms. The van der Waals surface area contributed by atoms with E-state index in [1.807, 2.05) is 0 Å². The second-order valence-corrected chi connectivity index (χ2v) is 7.41. The fourth-order valence-electron chi connectivity index (χ4n) is 3.27. The molecule has 6 nitrogen and oxygen atoms in total. The molecule has 2 aromatic carbocycles. The zero-order chi connectivity index (χ0) is 21.8. The van der Waals surface area contributed by atoms with Crippen LogP contribution in [0.5, 0.6) is 17.2 Å². The number of hydrogen-bond acceptors (Lipinski definition) is 4. The van der Waals surface area contributed by atoms with Crippen molar-refractivity contribution < 1.29 is 23.4 Å². The highest BCUT2D eigenvalue weighted by atomic mass is 79.9. The van der Waals surface area contributed by atoms with Crippen LogP contribution in [0, 0.1) is 5.82 Å². The van der Waals surface area contributed by atoms with Crippen molar-refractivity contribution >= 4 is 32.7 Å². The van der Waals surface area contributed by atoms with E-state index in [4.69, 9.17) is 14.2 Å². The molecule has 1 amide bonds. The predicted molar refractivity (Wildman–Crippen MR) is 117 cm³/mol. The molecule has 3 rings (SSSR count). The summed E-state index contributed by atoms with van der Waals surface area (Å²) in [7, 11) is 4.58. The van der Waals surface area contributed by atoms with Crippen LogP contribution in [-0.4, -0.2) is 43.7 Å². The van der Waals surface area contributed by atoms with Crippen LogP contribution in [0.3, 0.4) is 0 Å². The summed E-state index contributed by atoms with van der Waals surface area (Å²) in [6, 6.07) is 8.01. The van der Waals surface area contributed by atoms with Crippen LogP contribution >= 0.6 is 15.9 Å². The maximum atomic E-state index is 14.2. The Kier molecular flexibility index (Phi) is 6.66. The van der Waals surface area contributed by atoms with Crippen molar-refractivity contribution in [2.45, 2.75) is 6.54 Å². The molecule has 1 aromatic heterocycles. The summed E-state index contributed by atoms with van der Waals surface area (Å²) in [6.45, 7) is 4.05. The standard InChI is InChI=1S/C22H22BrFN2O4/c1-5-8-26(12-13-9-14(23)6-7-16(13)24)22(27)17-10-15-18(28-2)11-19(29-3)21(30-4)20(15)25-17/h5-7,9-11,25H,1,8,12H2,2-4H3. The summed E-state index contributed by atoms with van der Waals surface area (Å²) in [5.74, 6) is 0.770. The molecule has 0 aliphatic rings. The average molecular weight is 477 g/mol. The summed E-state index contributed by atoms with van der Waals surface area (Å²) in [5, 5.41) is 0.672. The van der Waals surface area contributed by atoms with Gasteiger partial charge in [0.2, 0.25) is 0 Å². The molecule has 0 saturated carbocycles. The molecule has 0 aliphatic carbocycles. The third-order valence-electron chi connectivity index (χ3n) is 4.68. The summed E-state index contributed by atoms with van der Waals surface area (Å²) < 4.78 is 31.3. The number of carbonyl (C=O) groups excluding carboxylic acids is 1. The first kappa shape index (κ1) is 21.7. The van der Waals surface area contributed by atoms with Gasteiger partial charge < -0.3 is 24.1 Å². The van der Waals surface area contributed by atoms with E-state index in [1.165, 1.54) is 32.3 Å². The number of methoxy groups -OCH3 is 3. The van der Waals surface area contributed by atoms with Gasteiger partial charge in [-0.15, -0.1) is 6.58 Å². The fraction of sp³-hybridized carbons (Fsp3) is 0.227. The molecule has 158 valence electrons. The fourth-order valence-corrected chi connectivity index (χ4v) is 3.68. The Bertz CT molecular complexity index is 1100. The summed E-state index contributed by atoms with van der Waals surface area (Å²) in [6.07, 6.45) is 1.60. The second kappa shape index (κ2) is 9.21. The number of hydrogen-bond donors (Lipinski definition) is 1. The van der Waals surface area contributed by atoms with Gasteiger partial charge in [0.25, 0.3) is 5.91 Å². The first-order valence-electron chi connectivity index (χ1n) is 9.09. The van der Waals surface area contributed by atoms with Crippen molar-refractivity contribution in [2.75, 3.05) is 27.9 Å². The smallest absolute Gasteiger partial charge is 0.270 e. The second-order valence-electron chi connectivity index (χ2n) is 6.50. The number of aromatic amines is 1. The normalized spacial score (nSPS) is 10.7. The van der Waals surface area contributed by atoms with Crippen LogP contribution in [-0.2, 0) is 6.54 Å². The van der Waals surface area contributed by atoms with Gasteiger partial charge in [0.05, 0.1) is 26.8 Å². The lowest BCUT2D eigenvalue weighted by Gasteiger charge is -2.21. The largest absolute Gasteiger partial charge is 0.496 e. The summed E-state index contributed by atoms with van der Waals surface area (Å²) in [5.41, 5.74) is 1.28. The van der Waals surface area contributed by atoms with Crippen molar-refractivity contribution in [3.05, 3.63) is 64.5 Å². The first-order chi connectivity index (χ1) is 14.4. The average Bonchev–Trinajstić information content (AvgIpc) is 3.19. The number of halogens is 2. The molecule has 8 heteroatoms. The van der Waals surface area contributed by atoms with E-state index in [-0.39, 0.29) is 24.8 Å². The van der Waals surface area contributed by atoms with E-state index in [0.717, 1.165) is 4.47 Å². The lowest BCUT2D eigenvalue weighted by atomic mass is 10.2. The number of aromatic nitrogens is 1. The van der Waals surface area contributed by atoms with Gasteiger partial charge in [-0.05, 0) is 24.3 Å². The van der Waals surface area contributed by atoms with Gasteiger partial charge in [-0.25, -0.2) is 4.39 Å². The third kappa shape index (κ3) is 4.14. The molecule has 0 fully saturated rings. The topological polar surface area (TPSA) is 63.8 Å².